The second kappa shape index (κ2) is 5.63. The molecule has 1 aliphatic heterocycles. The van der Waals surface area contributed by atoms with E-state index < -0.39 is 13.4 Å². The molecule has 0 aliphatic carbocycles. The summed E-state index contributed by atoms with van der Waals surface area (Å²) in [6.07, 6.45) is 3.70. The Kier molecular flexibility index (Phi) is 4.78. The first-order valence-corrected chi connectivity index (χ1v) is 6.38. The van der Waals surface area contributed by atoms with Crippen molar-refractivity contribution in [3.05, 3.63) is 12.2 Å². The molecule has 5 nitrogen and oxygen atoms in total. The lowest BCUT2D eigenvalue weighted by molar-refractivity contribution is 0.209. The first kappa shape index (κ1) is 11.9. The Hall–Kier alpha value is -0.190. The SMILES string of the molecule is CCOP(=O)(OCC)C1C=CCNN1. The van der Waals surface area contributed by atoms with Gasteiger partial charge in [0.05, 0.1) is 13.2 Å². The van der Waals surface area contributed by atoms with Crippen LogP contribution in [0.3, 0.4) is 0 Å². The van der Waals surface area contributed by atoms with Gasteiger partial charge in [0.25, 0.3) is 0 Å². The summed E-state index contributed by atoms with van der Waals surface area (Å²) < 4.78 is 22.5. The highest BCUT2D eigenvalue weighted by Crippen LogP contribution is 2.52. The molecule has 0 spiro atoms. The van der Waals surface area contributed by atoms with E-state index in [1.807, 2.05) is 12.2 Å². The maximum absolute atomic E-state index is 12.2. The molecule has 82 valence electrons. The zero-order valence-electron chi connectivity index (χ0n) is 8.53. The monoisotopic (exact) mass is 220 g/mol. The molecule has 1 unspecified atom stereocenters. The van der Waals surface area contributed by atoms with E-state index in [4.69, 9.17) is 9.05 Å². The summed E-state index contributed by atoms with van der Waals surface area (Å²) in [5.74, 6) is -0.392. The van der Waals surface area contributed by atoms with Crippen LogP contribution in [0.5, 0.6) is 0 Å². The molecule has 0 aromatic carbocycles. The fourth-order valence-corrected chi connectivity index (χ4v) is 2.91. The van der Waals surface area contributed by atoms with Crippen molar-refractivity contribution in [3.63, 3.8) is 0 Å². The normalized spacial score (nSPS) is 22.6. The summed E-state index contributed by atoms with van der Waals surface area (Å²) >= 11 is 0. The standard InChI is InChI=1S/C8H17N2O3P/c1-3-12-14(11,13-4-2)8-6-5-7-9-10-8/h5-6,8-10H,3-4,7H2,1-2H3. The van der Waals surface area contributed by atoms with Crippen molar-refractivity contribution >= 4 is 7.60 Å². The third kappa shape index (κ3) is 2.90. The molecule has 0 radical (unpaired) electrons. The minimum atomic E-state index is -3.06. The van der Waals surface area contributed by atoms with Gasteiger partial charge in [-0.05, 0) is 13.8 Å². The van der Waals surface area contributed by atoms with Crippen LogP contribution < -0.4 is 10.9 Å². The fourth-order valence-electron chi connectivity index (χ4n) is 1.21. The summed E-state index contributed by atoms with van der Waals surface area (Å²) in [7, 11) is -3.06. The molecule has 1 heterocycles. The molecule has 0 aromatic rings. The molecule has 0 aromatic heterocycles. The Bertz CT molecular complexity index is 235. The van der Waals surface area contributed by atoms with E-state index in [1.165, 1.54) is 0 Å². The first-order chi connectivity index (χ1) is 6.73. The molecule has 1 atom stereocenters. The van der Waals surface area contributed by atoms with Crippen LogP contribution >= 0.6 is 7.60 Å². The number of hydrogen-bond acceptors (Lipinski definition) is 5. The predicted molar refractivity (Wildman–Crippen MR) is 54.9 cm³/mol. The van der Waals surface area contributed by atoms with Crippen molar-refractivity contribution in [2.45, 2.75) is 19.6 Å². The average molecular weight is 220 g/mol. The van der Waals surface area contributed by atoms with Gasteiger partial charge in [-0.2, -0.15) is 0 Å². The Balaban J connectivity index is 2.69. The molecular weight excluding hydrogens is 203 g/mol. The molecule has 0 saturated carbocycles. The zero-order valence-corrected chi connectivity index (χ0v) is 9.42. The van der Waals surface area contributed by atoms with Crippen molar-refractivity contribution in [2.75, 3.05) is 19.8 Å². The van der Waals surface area contributed by atoms with Crippen LogP contribution in [0.25, 0.3) is 0 Å². The van der Waals surface area contributed by atoms with Gasteiger partial charge < -0.3 is 9.05 Å². The lowest BCUT2D eigenvalue weighted by Crippen LogP contribution is -2.43. The van der Waals surface area contributed by atoms with Crippen LogP contribution in [-0.4, -0.2) is 25.5 Å². The highest BCUT2D eigenvalue weighted by atomic mass is 31.2. The Morgan fingerprint density at radius 1 is 1.43 bits per heavy atom. The smallest absolute Gasteiger partial charge is 0.308 e. The molecule has 6 heteroatoms. The molecule has 0 bridgehead atoms. The lowest BCUT2D eigenvalue weighted by atomic mass is 10.4. The second-order valence-corrected chi connectivity index (χ2v) is 4.93. The average Bonchev–Trinajstić information content (AvgIpc) is 2.20. The van der Waals surface area contributed by atoms with Gasteiger partial charge in [-0.3, -0.25) is 9.99 Å². The van der Waals surface area contributed by atoms with Crippen LogP contribution in [-0.2, 0) is 13.6 Å². The Morgan fingerprint density at radius 2 is 2.07 bits per heavy atom. The fraction of sp³-hybridized carbons (Fsp3) is 0.750. The van der Waals surface area contributed by atoms with Crippen LogP contribution in [0.4, 0.5) is 0 Å². The second-order valence-electron chi connectivity index (χ2n) is 2.77. The third-order valence-corrected chi connectivity index (χ3v) is 3.97. The van der Waals surface area contributed by atoms with Gasteiger partial charge in [0, 0.05) is 6.54 Å². The van der Waals surface area contributed by atoms with Crippen LogP contribution in [0.1, 0.15) is 13.8 Å². The van der Waals surface area contributed by atoms with E-state index in [1.54, 1.807) is 13.8 Å². The minimum Gasteiger partial charge on any atom is -0.308 e. The highest BCUT2D eigenvalue weighted by molar-refractivity contribution is 7.54. The number of hydrogen-bond donors (Lipinski definition) is 2. The van der Waals surface area contributed by atoms with Gasteiger partial charge >= 0.3 is 7.60 Å². The number of nitrogens with one attached hydrogen (secondary N) is 2. The molecule has 1 rings (SSSR count). The van der Waals surface area contributed by atoms with E-state index in [0.717, 1.165) is 6.54 Å². The van der Waals surface area contributed by atoms with Crippen molar-refractivity contribution in [3.8, 4) is 0 Å². The van der Waals surface area contributed by atoms with E-state index in [0.29, 0.717) is 13.2 Å². The summed E-state index contributed by atoms with van der Waals surface area (Å²) in [6.45, 7) is 5.07. The quantitative estimate of drug-likeness (QED) is 0.539. The molecule has 2 N–H and O–H groups in total. The largest absolute Gasteiger partial charge is 0.352 e. The van der Waals surface area contributed by atoms with E-state index >= 15 is 0 Å². The molecule has 1 aliphatic rings. The predicted octanol–water partition coefficient (Wildman–Crippen LogP) is 1.24. The van der Waals surface area contributed by atoms with Gasteiger partial charge in [0.2, 0.25) is 0 Å². The molecule has 0 amide bonds. The van der Waals surface area contributed by atoms with E-state index in [9.17, 15) is 4.57 Å². The maximum atomic E-state index is 12.2. The van der Waals surface area contributed by atoms with Crippen LogP contribution in [0.2, 0.25) is 0 Å². The minimum absolute atomic E-state index is 0.378. The van der Waals surface area contributed by atoms with Gasteiger partial charge in [-0.25, -0.2) is 5.43 Å². The topological polar surface area (TPSA) is 59.6 Å². The van der Waals surface area contributed by atoms with E-state index in [-0.39, 0.29) is 0 Å². The molecule has 0 saturated heterocycles. The molecule has 14 heavy (non-hydrogen) atoms. The maximum Gasteiger partial charge on any atom is 0.352 e. The molecule has 0 fully saturated rings. The van der Waals surface area contributed by atoms with Crippen LogP contribution in [0.15, 0.2) is 12.2 Å². The van der Waals surface area contributed by atoms with Crippen molar-refractivity contribution in [1.82, 2.24) is 10.9 Å². The van der Waals surface area contributed by atoms with Gasteiger partial charge in [0.1, 0.15) is 5.78 Å². The van der Waals surface area contributed by atoms with E-state index in [2.05, 4.69) is 10.9 Å². The summed E-state index contributed by atoms with van der Waals surface area (Å²) in [5.41, 5.74) is 5.77. The van der Waals surface area contributed by atoms with Crippen molar-refractivity contribution in [2.24, 2.45) is 0 Å². The summed E-state index contributed by atoms with van der Waals surface area (Å²) in [5, 5.41) is 0. The molecular formula is C8H17N2O3P. The first-order valence-electron chi connectivity index (χ1n) is 4.76. The number of hydrazine groups is 1. The van der Waals surface area contributed by atoms with Gasteiger partial charge in [-0.1, -0.05) is 12.2 Å². The summed E-state index contributed by atoms with van der Waals surface area (Å²) in [6, 6.07) is 0. The van der Waals surface area contributed by atoms with Gasteiger partial charge in [0.15, 0.2) is 0 Å². The zero-order chi connectivity index (χ0) is 10.4. The highest BCUT2D eigenvalue weighted by Gasteiger charge is 2.34. The van der Waals surface area contributed by atoms with Crippen molar-refractivity contribution < 1.29 is 13.6 Å². The number of rotatable bonds is 5. The Morgan fingerprint density at radius 3 is 2.50 bits per heavy atom. The third-order valence-electron chi connectivity index (χ3n) is 1.75. The van der Waals surface area contributed by atoms with Crippen molar-refractivity contribution in [1.29, 1.82) is 0 Å². The lowest BCUT2D eigenvalue weighted by Gasteiger charge is -2.26. The summed E-state index contributed by atoms with van der Waals surface area (Å²) in [4.78, 5) is 0. The van der Waals surface area contributed by atoms with Crippen LogP contribution in [0, 0.1) is 0 Å². The Labute approximate surface area is 84.4 Å². The van der Waals surface area contributed by atoms with Gasteiger partial charge in [-0.15, -0.1) is 0 Å².